The van der Waals surface area contributed by atoms with Crippen LogP contribution in [0.25, 0.3) is 0 Å². The summed E-state index contributed by atoms with van der Waals surface area (Å²) in [6.07, 6.45) is -1.03. The molecule has 1 aliphatic rings. The molecule has 1 atom stereocenters. The number of sulfonamides is 1. The number of benzene rings is 3. The monoisotopic (exact) mass is 516 g/mol. The Morgan fingerprint density at radius 1 is 1.06 bits per heavy atom. The van der Waals surface area contributed by atoms with Crippen molar-refractivity contribution < 1.29 is 27.4 Å². The van der Waals surface area contributed by atoms with Gasteiger partial charge in [-0.15, -0.1) is 0 Å². The molecule has 0 aliphatic carbocycles. The molecule has 0 aromatic heterocycles. The first-order valence-corrected chi connectivity index (χ1v) is 12.6. The van der Waals surface area contributed by atoms with Gasteiger partial charge in [0.1, 0.15) is 5.75 Å². The molecule has 0 unspecified atom stereocenters. The van der Waals surface area contributed by atoms with Crippen molar-refractivity contribution in [2.45, 2.75) is 17.5 Å². The lowest BCUT2D eigenvalue weighted by molar-refractivity contribution is -0.137. The lowest BCUT2D eigenvalue weighted by Crippen LogP contribution is -2.50. The van der Waals surface area contributed by atoms with E-state index in [1.807, 2.05) is 6.07 Å². The molecule has 0 spiro atoms. The first-order chi connectivity index (χ1) is 16.7. The van der Waals surface area contributed by atoms with Crippen LogP contribution in [0.4, 0.5) is 5.69 Å². The van der Waals surface area contributed by atoms with E-state index >= 15 is 0 Å². The first kappa shape index (κ1) is 24.7. The lowest BCUT2D eigenvalue weighted by Gasteiger charge is -2.36. The van der Waals surface area contributed by atoms with E-state index in [9.17, 15) is 13.2 Å². The van der Waals surface area contributed by atoms with E-state index in [2.05, 4.69) is 0 Å². The van der Waals surface area contributed by atoms with Gasteiger partial charge in [0.25, 0.3) is 15.9 Å². The number of nitrogens with zero attached hydrogens (tertiary/aromatic N) is 2. The van der Waals surface area contributed by atoms with Crippen LogP contribution in [-0.2, 0) is 21.4 Å². The third-order valence-corrected chi connectivity index (χ3v) is 7.70. The van der Waals surface area contributed by atoms with Crippen LogP contribution < -0.4 is 18.5 Å². The molecule has 0 saturated carbocycles. The Morgan fingerprint density at radius 3 is 2.43 bits per heavy atom. The average molecular weight is 517 g/mol. The molecule has 35 heavy (non-hydrogen) atoms. The molecule has 3 aromatic carbocycles. The van der Waals surface area contributed by atoms with Gasteiger partial charge < -0.3 is 19.1 Å². The molecule has 0 bridgehead atoms. The number of rotatable bonds is 7. The predicted molar refractivity (Wildman–Crippen MR) is 133 cm³/mol. The molecule has 10 heteroatoms. The van der Waals surface area contributed by atoms with Crippen LogP contribution >= 0.6 is 11.6 Å². The highest BCUT2D eigenvalue weighted by molar-refractivity contribution is 7.92. The number of likely N-dealkylation sites (N-methyl/N-ethyl adjacent to an activating group) is 1. The molecule has 3 aromatic rings. The molecular weight excluding hydrogens is 492 g/mol. The first-order valence-electron chi connectivity index (χ1n) is 10.7. The number of carbonyl (C=O) groups excluding carboxylic acids is 1. The van der Waals surface area contributed by atoms with Crippen molar-refractivity contribution in [3.05, 3.63) is 77.3 Å². The largest absolute Gasteiger partial charge is 0.493 e. The Balaban J connectivity index is 1.60. The Morgan fingerprint density at radius 2 is 1.74 bits per heavy atom. The van der Waals surface area contributed by atoms with Gasteiger partial charge in [-0.25, -0.2) is 8.42 Å². The number of anilines is 1. The summed E-state index contributed by atoms with van der Waals surface area (Å²) < 4.78 is 44.8. The maximum Gasteiger partial charge on any atom is 0.265 e. The number of hydrogen-bond acceptors (Lipinski definition) is 6. The standard InChI is InChI=1S/C25H25ClN2O6S/c1-27(15-17-8-13-22(32-2)23(14-17)33-3)25(29)24-16-28(20-6-4-5-7-21(20)34-24)35(30,31)19-11-9-18(26)10-12-19/h4-14,24H,15-16H2,1-3H3/t24-/m1/s1. The van der Waals surface area contributed by atoms with E-state index in [0.29, 0.717) is 28.0 Å². The molecule has 0 radical (unpaired) electrons. The molecule has 1 aliphatic heterocycles. The normalized spacial score (nSPS) is 15.1. The van der Waals surface area contributed by atoms with Crippen molar-refractivity contribution in [2.75, 3.05) is 32.1 Å². The summed E-state index contributed by atoms with van der Waals surface area (Å²) >= 11 is 5.94. The fourth-order valence-corrected chi connectivity index (χ4v) is 5.47. The number of carbonyl (C=O) groups is 1. The SMILES string of the molecule is COc1ccc(CN(C)C(=O)[C@H]2CN(S(=O)(=O)c3ccc(Cl)cc3)c3ccccc3O2)cc1OC. The van der Waals surface area contributed by atoms with E-state index in [-0.39, 0.29) is 23.9 Å². The van der Waals surface area contributed by atoms with Gasteiger partial charge in [-0.05, 0) is 54.1 Å². The van der Waals surface area contributed by atoms with Crippen LogP contribution in [0.2, 0.25) is 5.02 Å². The second-order valence-corrected chi connectivity index (χ2v) is 10.2. The molecule has 4 rings (SSSR count). The van der Waals surface area contributed by atoms with E-state index < -0.39 is 16.1 Å². The van der Waals surface area contributed by atoms with Gasteiger partial charge in [-0.1, -0.05) is 29.8 Å². The van der Waals surface area contributed by atoms with Crippen LogP contribution in [0.1, 0.15) is 5.56 Å². The average Bonchev–Trinajstić information content (AvgIpc) is 2.87. The van der Waals surface area contributed by atoms with Gasteiger partial charge in [-0.3, -0.25) is 9.10 Å². The lowest BCUT2D eigenvalue weighted by atomic mass is 10.1. The van der Waals surface area contributed by atoms with Gasteiger partial charge in [-0.2, -0.15) is 0 Å². The summed E-state index contributed by atoms with van der Waals surface area (Å²) in [6.45, 7) is 0.0989. The fraction of sp³-hybridized carbons (Fsp3) is 0.240. The highest BCUT2D eigenvalue weighted by atomic mass is 35.5. The van der Waals surface area contributed by atoms with E-state index in [4.69, 9.17) is 25.8 Å². The maximum absolute atomic E-state index is 13.5. The van der Waals surface area contributed by atoms with Gasteiger partial charge in [0.15, 0.2) is 17.6 Å². The Kier molecular flexibility index (Phi) is 7.09. The molecule has 0 fully saturated rings. The van der Waals surface area contributed by atoms with Crippen LogP contribution in [0, 0.1) is 0 Å². The summed E-state index contributed by atoms with van der Waals surface area (Å²) in [7, 11) is 0.765. The highest BCUT2D eigenvalue weighted by Crippen LogP contribution is 2.37. The summed E-state index contributed by atoms with van der Waals surface area (Å²) in [5.41, 5.74) is 1.19. The van der Waals surface area contributed by atoms with Crippen molar-refractivity contribution in [2.24, 2.45) is 0 Å². The minimum absolute atomic E-state index is 0.0727. The minimum Gasteiger partial charge on any atom is -0.493 e. The van der Waals surface area contributed by atoms with Gasteiger partial charge >= 0.3 is 0 Å². The molecule has 1 heterocycles. The van der Waals surface area contributed by atoms with Crippen molar-refractivity contribution in [1.82, 2.24) is 4.90 Å². The third-order valence-electron chi connectivity index (χ3n) is 5.66. The van der Waals surface area contributed by atoms with Gasteiger partial charge in [0, 0.05) is 18.6 Å². The number of fused-ring (bicyclic) bond motifs is 1. The Bertz CT molecular complexity index is 1330. The summed E-state index contributed by atoms with van der Waals surface area (Å²) in [6, 6.07) is 18.0. The quantitative estimate of drug-likeness (QED) is 0.472. The van der Waals surface area contributed by atoms with Gasteiger partial charge in [0.2, 0.25) is 0 Å². The zero-order chi connectivity index (χ0) is 25.2. The van der Waals surface area contributed by atoms with Crippen LogP contribution in [0.5, 0.6) is 17.2 Å². The summed E-state index contributed by atoms with van der Waals surface area (Å²) in [5.74, 6) is 1.09. The van der Waals surface area contributed by atoms with Gasteiger partial charge in [0.05, 0.1) is 31.3 Å². The van der Waals surface area contributed by atoms with Crippen molar-refractivity contribution in [1.29, 1.82) is 0 Å². The van der Waals surface area contributed by atoms with Crippen LogP contribution in [0.3, 0.4) is 0 Å². The summed E-state index contributed by atoms with van der Waals surface area (Å²) in [5, 5.41) is 0.427. The molecule has 8 nitrogen and oxygen atoms in total. The number of halogens is 1. The van der Waals surface area contributed by atoms with Crippen molar-refractivity contribution in [3.8, 4) is 17.2 Å². The highest BCUT2D eigenvalue weighted by Gasteiger charge is 2.38. The van der Waals surface area contributed by atoms with E-state index in [0.717, 1.165) is 5.56 Å². The van der Waals surface area contributed by atoms with Crippen molar-refractivity contribution >= 4 is 33.2 Å². The third kappa shape index (κ3) is 5.01. The Hall–Kier alpha value is -3.43. The predicted octanol–water partition coefficient (Wildman–Crippen LogP) is 3.97. The molecule has 1 amide bonds. The zero-order valence-corrected chi connectivity index (χ0v) is 21.0. The van der Waals surface area contributed by atoms with E-state index in [1.165, 1.54) is 33.5 Å². The van der Waals surface area contributed by atoms with E-state index in [1.54, 1.807) is 57.7 Å². The van der Waals surface area contributed by atoms with Crippen molar-refractivity contribution in [3.63, 3.8) is 0 Å². The fourth-order valence-electron chi connectivity index (χ4n) is 3.87. The molecule has 0 N–H and O–H groups in total. The number of amides is 1. The summed E-state index contributed by atoms with van der Waals surface area (Å²) in [4.78, 5) is 14.9. The zero-order valence-electron chi connectivity index (χ0n) is 19.5. The second-order valence-electron chi connectivity index (χ2n) is 7.95. The topological polar surface area (TPSA) is 85.4 Å². The molecule has 0 saturated heterocycles. The van der Waals surface area contributed by atoms with Crippen LogP contribution in [-0.4, -0.2) is 53.1 Å². The number of methoxy groups -OCH3 is 2. The smallest absolute Gasteiger partial charge is 0.265 e. The second kappa shape index (κ2) is 10.1. The molecule has 184 valence electrons. The maximum atomic E-state index is 13.5. The number of para-hydroxylation sites is 2. The number of hydrogen-bond donors (Lipinski definition) is 0. The molecular formula is C25H25ClN2O6S. The number of ether oxygens (including phenoxy) is 3. The minimum atomic E-state index is -3.97. The Labute approximate surface area is 209 Å². The van der Waals surface area contributed by atoms with Crippen LogP contribution in [0.15, 0.2) is 71.6 Å².